The Morgan fingerprint density at radius 1 is 0.475 bits per heavy atom. The fourth-order valence-electron chi connectivity index (χ4n) is 7.60. The number of nitrogens with one attached hydrogen (secondary N) is 1. The van der Waals surface area contributed by atoms with E-state index >= 15 is 0 Å². The molecule has 0 rings (SSSR count). The van der Waals surface area contributed by atoms with E-state index in [1.165, 1.54) is 122 Å². The molecule has 0 aromatic heterocycles. The second kappa shape index (κ2) is 48.6. The Bertz CT molecular complexity index is 1090. The van der Waals surface area contributed by atoms with Crippen molar-refractivity contribution in [3.05, 3.63) is 60.8 Å². The number of ether oxygens (including phenoxy) is 1. The second-order valence-corrected chi connectivity index (χ2v) is 17.6. The Morgan fingerprint density at radius 2 is 0.885 bits per heavy atom. The van der Waals surface area contributed by atoms with E-state index in [4.69, 9.17) is 4.74 Å². The SMILES string of the molecule is CCC/C=C\CCCCCCCC(=O)OC(CCC/C=C\C/C=C\C/C=C\C/C=C\CCCCC)CC(=O)NC(CO)C(O)CCCCCCCCCCCCCCCCC. The molecule has 0 aromatic rings. The van der Waals surface area contributed by atoms with Crippen molar-refractivity contribution >= 4 is 11.9 Å². The Labute approximate surface area is 378 Å². The first-order chi connectivity index (χ1) is 30.0. The molecule has 0 radical (unpaired) electrons. The molecule has 0 fully saturated rings. The predicted molar refractivity (Wildman–Crippen MR) is 264 cm³/mol. The standard InChI is InChI=1S/C55H99NO5/c1-4-7-10-13-16-19-22-24-26-27-29-30-32-34-37-40-43-46-51(61-55(60)48-45-42-39-36-21-18-15-12-9-6-3)49-54(59)56-52(50-57)53(58)47-44-41-38-35-33-31-28-25-23-20-17-14-11-8-5-2/h12,15-16,19,24,26,29-30,34,37,51-53,57-58H,4-11,13-14,17-18,20-23,25,27-28,31-33,35-36,38-50H2,1-3H3,(H,56,59)/b15-12-,19-16-,26-24-,30-29-,37-34-. The van der Waals surface area contributed by atoms with Crippen molar-refractivity contribution in [2.24, 2.45) is 0 Å². The van der Waals surface area contributed by atoms with Crippen LogP contribution in [0.15, 0.2) is 60.8 Å². The Balaban J connectivity index is 4.64. The van der Waals surface area contributed by atoms with Gasteiger partial charge in [-0.25, -0.2) is 0 Å². The van der Waals surface area contributed by atoms with Crippen molar-refractivity contribution < 1.29 is 24.5 Å². The van der Waals surface area contributed by atoms with E-state index in [1.807, 2.05) is 0 Å². The average molecular weight is 854 g/mol. The van der Waals surface area contributed by atoms with E-state index in [-0.39, 0.29) is 24.9 Å². The quantitative estimate of drug-likeness (QED) is 0.0322. The van der Waals surface area contributed by atoms with E-state index in [9.17, 15) is 19.8 Å². The third-order valence-electron chi connectivity index (χ3n) is 11.6. The highest BCUT2D eigenvalue weighted by molar-refractivity contribution is 5.77. The van der Waals surface area contributed by atoms with Crippen molar-refractivity contribution in [3.63, 3.8) is 0 Å². The molecule has 0 heterocycles. The van der Waals surface area contributed by atoms with Gasteiger partial charge < -0.3 is 20.3 Å². The van der Waals surface area contributed by atoms with Gasteiger partial charge in [0.05, 0.1) is 25.2 Å². The number of hydrogen-bond donors (Lipinski definition) is 3. The fraction of sp³-hybridized carbons (Fsp3) is 0.782. The van der Waals surface area contributed by atoms with Gasteiger partial charge in [-0.1, -0.05) is 216 Å². The normalized spacial score (nSPS) is 13.7. The van der Waals surface area contributed by atoms with Crippen molar-refractivity contribution in [1.82, 2.24) is 5.32 Å². The van der Waals surface area contributed by atoms with Crippen LogP contribution in [0.5, 0.6) is 0 Å². The van der Waals surface area contributed by atoms with Gasteiger partial charge in [0.2, 0.25) is 5.91 Å². The lowest BCUT2D eigenvalue weighted by molar-refractivity contribution is -0.151. The summed E-state index contributed by atoms with van der Waals surface area (Å²) in [6.45, 7) is 6.38. The zero-order valence-corrected chi connectivity index (χ0v) is 40.3. The van der Waals surface area contributed by atoms with Crippen molar-refractivity contribution in [3.8, 4) is 0 Å². The summed E-state index contributed by atoms with van der Waals surface area (Å²) in [4.78, 5) is 26.1. The maximum absolute atomic E-state index is 13.2. The minimum atomic E-state index is -0.804. The molecule has 6 nitrogen and oxygen atoms in total. The van der Waals surface area contributed by atoms with Crippen LogP contribution in [0.4, 0.5) is 0 Å². The summed E-state index contributed by atoms with van der Waals surface area (Å²) in [6.07, 6.45) is 60.0. The van der Waals surface area contributed by atoms with Gasteiger partial charge in [-0.05, 0) is 83.5 Å². The summed E-state index contributed by atoms with van der Waals surface area (Å²) in [7, 11) is 0. The summed E-state index contributed by atoms with van der Waals surface area (Å²) in [5.74, 6) is -0.539. The van der Waals surface area contributed by atoms with Gasteiger partial charge in [-0.2, -0.15) is 0 Å². The molecule has 0 aliphatic carbocycles. The number of carbonyl (C=O) groups is 2. The van der Waals surface area contributed by atoms with Crippen LogP contribution in [0, 0.1) is 0 Å². The molecule has 1 amide bonds. The van der Waals surface area contributed by atoms with E-state index in [0.29, 0.717) is 19.3 Å². The summed E-state index contributed by atoms with van der Waals surface area (Å²) in [5.41, 5.74) is 0. The Kier molecular flexibility index (Phi) is 46.6. The van der Waals surface area contributed by atoms with Crippen molar-refractivity contribution in [2.45, 2.75) is 270 Å². The van der Waals surface area contributed by atoms with Crippen LogP contribution in [0.3, 0.4) is 0 Å². The van der Waals surface area contributed by atoms with Crippen LogP contribution in [0.25, 0.3) is 0 Å². The van der Waals surface area contributed by atoms with Crippen LogP contribution >= 0.6 is 0 Å². The first-order valence-electron chi connectivity index (χ1n) is 26.0. The molecular weight excluding hydrogens is 755 g/mol. The highest BCUT2D eigenvalue weighted by atomic mass is 16.5. The molecule has 0 spiro atoms. The van der Waals surface area contributed by atoms with Crippen LogP contribution in [-0.2, 0) is 14.3 Å². The van der Waals surface area contributed by atoms with Crippen molar-refractivity contribution in [1.29, 1.82) is 0 Å². The summed E-state index contributed by atoms with van der Waals surface area (Å²) in [6, 6.07) is -0.721. The molecule has 0 saturated carbocycles. The van der Waals surface area contributed by atoms with Crippen LogP contribution in [-0.4, -0.2) is 46.9 Å². The van der Waals surface area contributed by atoms with Gasteiger partial charge in [0.1, 0.15) is 6.10 Å². The average Bonchev–Trinajstić information content (AvgIpc) is 3.25. The highest BCUT2D eigenvalue weighted by Gasteiger charge is 2.24. The second-order valence-electron chi connectivity index (χ2n) is 17.6. The smallest absolute Gasteiger partial charge is 0.306 e. The number of carbonyl (C=O) groups excluding carboxylic acids is 2. The van der Waals surface area contributed by atoms with Gasteiger partial charge in [-0.3, -0.25) is 9.59 Å². The summed E-state index contributed by atoms with van der Waals surface area (Å²) < 4.78 is 5.89. The predicted octanol–water partition coefficient (Wildman–Crippen LogP) is 15.6. The summed E-state index contributed by atoms with van der Waals surface area (Å²) >= 11 is 0. The van der Waals surface area contributed by atoms with E-state index in [1.54, 1.807) is 0 Å². The van der Waals surface area contributed by atoms with Crippen LogP contribution in [0.1, 0.15) is 252 Å². The van der Waals surface area contributed by atoms with Crippen molar-refractivity contribution in [2.75, 3.05) is 6.61 Å². The fourth-order valence-corrected chi connectivity index (χ4v) is 7.60. The van der Waals surface area contributed by atoms with Crippen LogP contribution in [0.2, 0.25) is 0 Å². The monoisotopic (exact) mass is 854 g/mol. The van der Waals surface area contributed by atoms with E-state index < -0.39 is 18.2 Å². The lowest BCUT2D eigenvalue weighted by atomic mass is 10.0. The topological polar surface area (TPSA) is 95.9 Å². The molecule has 0 aliphatic heterocycles. The molecule has 0 saturated heterocycles. The third kappa shape index (κ3) is 44.0. The van der Waals surface area contributed by atoms with E-state index in [2.05, 4.69) is 86.8 Å². The Hall–Kier alpha value is -2.44. The number of amides is 1. The minimum Gasteiger partial charge on any atom is -0.462 e. The zero-order chi connectivity index (χ0) is 44.5. The number of aliphatic hydroxyl groups is 2. The summed E-state index contributed by atoms with van der Waals surface area (Å²) in [5, 5.41) is 23.8. The number of rotatable bonds is 46. The molecule has 61 heavy (non-hydrogen) atoms. The maximum Gasteiger partial charge on any atom is 0.306 e. The van der Waals surface area contributed by atoms with E-state index in [0.717, 1.165) is 83.5 Å². The van der Waals surface area contributed by atoms with Gasteiger partial charge in [-0.15, -0.1) is 0 Å². The molecule has 0 bridgehead atoms. The van der Waals surface area contributed by atoms with Gasteiger partial charge >= 0.3 is 5.97 Å². The lowest BCUT2D eigenvalue weighted by Gasteiger charge is -2.24. The lowest BCUT2D eigenvalue weighted by Crippen LogP contribution is -2.46. The molecule has 0 aromatic carbocycles. The largest absolute Gasteiger partial charge is 0.462 e. The first-order valence-corrected chi connectivity index (χ1v) is 26.0. The van der Waals surface area contributed by atoms with Crippen LogP contribution < -0.4 is 5.32 Å². The molecule has 6 heteroatoms. The number of esters is 1. The van der Waals surface area contributed by atoms with Gasteiger partial charge in [0.15, 0.2) is 0 Å². The molecule has 3 atom stereocenters. The zero-order valence-electron chi connectivity index (χ0n) is 40.3. The molecule has 3 unspecified atom stereocenters. The molecular formula is C55H99NO5. The number of unbranched alkanes of at least 4 members (excludes halogenated alkanes) is 24. The number of aliphatic hydroxyl groups excluding tert-OH is 2. The Morgan fingerprint density at radius 3 is 1.41 bits per heavy atom. The highest BCUT2D eigenvalue weighted by Crippen LogP contribution is 2.17. The third-order valence-corrected chi connectivity index (χ3v) is 11.6. The molecule has 3 N–H and O–H groups in total. The van der Waals surface area contributed by atoms with Gasteiger partial charge in [0, 0.05) is 6.42 Å². The molecule has 0 aliphatic rings. The first kappa shape index (κ1) is 58.6. The number of allylic oxidation sites excluding steroid dienone is 10. The number of hydrogen-bond acceptors (Lipinski definition) is 5. The maximum atomic E-state index is 13.2. The minimum absolute atomic E-state index is 0.0358. The van der Waals surface area contributed by atoms with Gasteiger partial charge in [0.25, 0.3) is 0 Å². The molecule has 354 valence electrons.